The average molecular weight is 763 g/mol. The highest BCUT2D eigenvalue weighted by molar-refractivity contribution is 7.99. The van der Waals surface area contributed by atoms with E-state index in [-0.39, 0.29) is 148 Å². The predicted octanol–water partition coefficient (Wildman–Crippen LogP) is 4.75. The van der Waals surface area contributed by atoms with Gasteiger partial charge in [0.2, 0.25) is 5.91 Å². The van der Waals surface area contributed by atoms with Crippen molar-refractivity contribution in [3.05, 3.63) is 0 Å². The molecule has 4 atom stereocenters. The van der Waals surface area contributed by atoms with Gasteiger partial charge in [0.15, 0.2) is 11.6 Å². The number of hydrogen-bond donors (Lipinski definition) is 4. The van der Waals surface area contributed by atoms with E-state index in [0.717, 1.165) is 0 Å². The lowest BCUT2D eigenvalue weighted by atomic mass is 9.88. The van der Waals surface area contributed by atoms with Gasteiger partial charge in [0.25, 0.3) is 0 Å². The van der Waals surface area contributed by atoms with Gasteiger partial charge in [-0.25, -0.2) is 0 Å². The standard InChI is InChI=1S/C28H46N2O12S.8CH4/c1-3-27(38)41-15-21(42-28(39)4-2)16-43-17-22(29)25(36)11-19(13-32)24(35)10-18(12-31)23(34)6-5-9-40-14-20(33)7-8-26(30)37;;;;;;;;/h18-19,21-22,31-32H,3-17,29H2,1-2H3,(H2,30,37);8*1H4. The number of esters is 2. The molecule has 0 aromatic heterocycles. The van der Waals surface area contributed by atoms with E-state index in [0.29, 0.717) is 0 Å². The van der Waals surface area contributed by atoms with Crippen LogP contribution in [0.25, 0.3) is 0 Å². The molecule has 0 aromatic rings. The minimum absolute atomic E-state index is 0. The highest BCUT2D eigenvalue weighted by atomic mass is 32.2. The maximum absolute atomic E-state index is 12.7. The number of carbonyl (C=O) groups excluding carboxylic acids is 7. The number of hydrogen-bond acceptors (Lipinski definition) is 14. The Kier molecular flexibility index (Phi) is 57.2. The van der Waals surface area contributed by atoms with E-state index < -0.39 is 72.4 Å². The van der Waals surface area contributed by atoms with Crippen molar-refractivity contribution >= 4 is 52.7 Å². The first-order valence-electron chi connectivity index (χ1n) is 14.2. The number of ketones is 4. The van der Waals surface area contributed by atoms with Crippen LogP contribution in [0.15, 0.2) is 0 Å². The number of nitrogens with two attached hydrogens (primary N) is 2. The van der Waals surface area contributed by atoms with Gasteiger partial charge in [-0.15, -0.1) is 0 Å². The summed E-state index contributed by atoms with van der Waals surface area (Å²) in [6, 6.07) is -0.995. The molecule has 0 saturated carbocycles. The summed E-state index contributed by atoms with van der Waals surface area (Å²) in [7, 11) is 0. The van der Waals surface area contributed by atoms with Gasteiger partial charge >= 0.3 is 11.9 Å². The predicted molar refractivity (Wildman–Crippen MR) is 209 cm³/mol. The van der Waals surface area contributed by atoms with Crippen molar-refractivity contribution in [2.24, 2.45) is 23.3 Å². The second-order valence-corrected chi connectivity index (χ2v) is 10.9. The maximum atomic E-state index is 12.7. The van der Waals surface area contributed by atoms with Crippen molar-refractivity contribution in [2.75, 3.05) is 44.5 Å². The molecule has 0 heterocycles. The Labute approximate surface area is 314 Å². The summed E-state index contributed by atoms with van der Waals surface area (Å²) in [4.78, 5) is 83.2. The Bertz CT molecular complexity index is 934. The molecule has 0 bridgehead atoms. The van der Waals surface area contributed by atoms with Gasteiger partial charge in [0, 0.05) is 74.9 Å². The van der Waals surface area contributed by atoms with Crippen molar-refractivity contribution in [2.45, 2.75) is 137 Å². The normalized spacial score (nSPS) is 11.6. The van der Waals surface area contributed by atoms with Crippen molar-refractivity contribution < 1.29 is 58.0 Å². The number of amides is 1. The Balaban J connectivity index is -0.000000315. The van der Waals surface area contributed by atoms with Crippen LogP contribution in [0.3, 0.4) is 0 Å². The van der Waals surface area contributed by atoms with Crippen molar-refractivity contribution in [3.8, 4) is 0 Å². The van der Waals surface area contributed by atoms with Crippen molar-refractivity contribution in [1.29, 1.82) is 0 Å². The van der Waals surface area contributed by atoms with Gasteiger partial charge in [0.1, 0.15) is 30.9 Å². The molecule has 0 radical (unpaired) electrons. The Morgan fingerprint density at radius 2 is 1.20 bits per heavy atom. The van der Waals surface area contributed by atoms with E-state index in [4.69, 9.17) is 25.7 Å². The molecule has 0 aliphatic heterocycles. The highest BCUT2D eigenvalue weighted by Gasteiger charge is 2.29. The molecule has 51 heavy (non-hydrogen) atoms. The quantitative estimate of drug-likeness (QED) is 0.0653. The minimum atomic E-state index is -1.10. The van der Waals surface area contributed by atoms with Gasteiger partial charge < -0.3 is 35.9 Å². The van der Waals surface area contributed by atoms with Crippen molar-refractivity contribution in [3.63, 3.8) is 0 Å². The van der Waals surface area contributed by atoms with Crippen LogP contribution in [0, 0.1) is 11.8 Å². The summed E-state index contributed by atoms with van der Waals surface area (Å²) < 4.78 is 15.5. The van der Waals surface area contributed by atoms with Crippen LogP contribution in [-0.2, 0) is 47.8 Å². The number of rotatable bonds is 27. The first-order valence-corrected chi connectivity index (χ1v) is 15.4. The van der Waals surface area contributed by atoms with Crippen LogP contribution in [-0.4, -0.2) is 108 Å². The largest absolute Gasteiger partial charge is 0.462 e. The van der Waals surface area contributed by atoms with Crippen LogP contribution < -0.4 is 11.5 Å². The Hall–Kier alpha value is -2.72. The molecule has 0 saturated heterocycles. The second-order valence-electron chi connectivity index (χ2n) is 9.87. The third kappa shape index (κ3) is 34.1. The fourth-order valence-corrected chi connectivity index (χ4v) is 4.53. The van der Waals surface area contributed by atoms with Crippen molar-refractivity contribution in [1.82, 2.24) is 0 Å². The molecule has 0 spiro atoms. The highest BCUT2D eigenvalue weighted by Crippen LogP contribution is 2.17. The molecule has 310 valence electrons. The Morgan fingerprint density at radius 1 is 0.686 bits per heavy atom. The molecule has 15 heteroatoms. The number of primary amides is 1. The van der Waals surface area contributed by atoms with Gasteiger partial charge in [-0.3, -0.25) is 33.6 Å². The summed E-state index contributed by atoms with van der Waals surface area (Å²) in [5.41, 5.74) is 11.0. The van der Waals surface area contributed by atoms with Gasteiger partial charge in [0.05, 0.1) is 19.3 Å². The number of aliphatic hydroxyl groups excluding tert-OH is 2. The van der Waals surface area contributed by atoms with E-state index in [2.05, 4.69) is 0 Å². The van der Waals surface area contributed by atoms with Gasteiger partial charge in [-0.2, -0.15) is 11.8 Å². The lowest BCUT2D eigenvalue weighted by molar-refractivity contribution is -0.157. The Morgan fingerprint density at radius 3 is 1.69 bits per heavy atom. The minimum Gasteiger partial charge on any atom is -0.462 e. The van der Waals surface area contributed by atoms with Crippen LogP contribution in [0.4, 0.5) is 0 Å². The molecule has 1 amide bonds. The summed E-state index contributed by atoms with van der Waals surface area (Å²) in [6.07, 6.45) is -1.04. The zero-order valence-corrected chi connectivity index (χ0v) is 25.8. The van der Waals surface area contributed by atoms with E-state index in [1.54, 1.807) is 13.8 Å². The smallest absolute Gasteiger partial charge is 0.305 e. The zero-order chi connectivity index (χ0) is 32.8. The van der Waals surface area contributed by atoms with Crippen LogP contribution >= 0.6 is 11.8 Å². The average Bonchev–Trinajstić information content (AvgIpc) is 2.98. The van der Waals surface area contributed by atoms with Gasteiger partial charge in [-0.05, 0) is 6.42 Å². The lowest BCUT2D eigenvalue weighted by Crippen LogP contribution is -2.37. The molecule has 14 nitrogen and oxygen atoms in total. The van der Waals surface area contributed by atoms with E-state index in [1.165, 1.54) is 11.8 Å². The topological polar surface area (TPSA) is 240 Å². The monoisotopic (exact) mass is 763 g/mol. The van der Waals surface area contributed by atoms with Crippen LogP contribution in [0.2, 0.25) is 0 Å². The first kappa shape index (κ1) is 69.9. The lowest BCUT2D eigenvalue weighted by Gasteiger charge is -2.20. The third-order valence-electron chi connectivity index (χ3n) is 6.19. The fraction of sp³-hybridized carbons (Fsp3) is 0.806. The molecule has 0 rings (SSSR count). The number of Topliss-reactive ketones (excluding diaryl/α,β-unsaturated/α-hetero) is 4. The first-order chi connectivity index (χ1) is 20.4. The van der Waals surface area contributed by atoms with Crippen LogP contribution in [0.5, 0.6) is 0 Å². The number of thioether (sulfide) groups is 1. The third-order valence-corrected chi connectivity index (χ3v) is 7.39. The molecule has 0 aliphatic carbocycles. The summed E-state index contributed by atoms with van der Waals surface area (Å²) in [6.45, 7) is 1.72. The molecule has 0 aliphatic rings. The molecule has 4 unspecified atom stereocenters. The van der Waals surface area contributed by atoms with E-state index in [1.807, 2.05) is 0 Å². The van der Waals surface area contributed by atoms with E-state index in [9.17, 15) is 43.8 Å². The second kappa shape index (κ2) is 41.7. The molecular weight excluding hydrogens is 684 g/mol. The molecular formula is C36H78N2O12S. The molecule has 0 aromatic carbocycles. The summed E-state index contributed by atoms with van der Waals surface area (Å²) in [5, 5.41) is 19.4. The summed E-state index contributed by atoms with van der Waals surface area (Å²) >= 11 is 1.20. The van der Waals surface area contributed by atoms with Gasteiger partial charge in [-0.1, -0.05) is 73.3 Å². The maximum Gasteiger partial charge on any atom is 0.305 e. The molecule has 0 fully saturated rings. The number of ether oxygens (including phenoxy) is 3. The summed E-state index contributed by atoms with van der Waals surface area (Å²) in [5.74, 6) is -5.08. The van der Waals surface area contributed by atoms with Crippen LogP contribution in [0.1, 0.15) is 125 Å². The number of aliphatic hydroxyl groups is 2. The fourth-order valence-electron chi connectivity index (χ4n) is 3.53. The SMILES string of the molecule is C.C.C.C.C.C.C.C.CCC(=O)OCC(CSCC(N)C(=O)CC(CO)C(=O)CC(CO)C(=O)CCCOCC(=O)CCC(N)=O)OC(=O)CC. The van der Waals surface area contributed by atoms with E-state index >= 15 is 0 Å². The zero-order valence-electron chi connectivity index (χ0n) is 25.0. The molecule has 6 N–H and O–H groups in total. The number of carbonyl (C=O) groups is 7.